The fourth-order valence-electron chi connectivity index (χ4n) is 1.90. The van der Waals surface area contributed by atoms with Crippen molar-refractivity contribution in [2.24, 2.45) is 5.92 Å². The molecule has 0 radical (unpaired) electrons. The van der Waals surface area contributed by atoms with Crippen molar-refractivity contribution in [1.82, 2.24) is 9.97 Å². The van der Waals surface area contributed by atoms with Crippen LogP contribution < -0.4 is 5.32 Å². The van der Waals surface area contributed by atoms with Crippen molar-refractivity contribution in [1.29, 1.82) is 0 Å². The minimum atomic E-state index is -0.0288. The summed E-state index contributed by atoms with van der Waals surface area (Å²) in [5, 5.41) is 3.10. The summed E-state index contributed by atoms with van der Waals surface area (Å²) in [6.07, 6.45) is 2.03. The van der Waals surface area contributed by atoms with Crippen LogP contribution in [0.2, 0.25) is 0 Å². The van der Waals surface area contributed by atoms with Gasteiger partial charge in [-0.2, -0.15) is 0 Å². The van der Waals surface area contributed by atoms with Gasteiger partial charge in [-0.1, -0.05) is 27.2 Å². The summed E-state index contributed by atoms with van der Waals surface area (Å²) in [5.74, 6) is 2.03. The predicted molar refractivity (Wildman–Crippen MR) is 74.8 cm³/mol. The van der Waals surface area contributed by atoms with E-state index < -0.39 is 0 Å². The largest absolute Gasteiger partial charge is 0.373 e. The number of rotatable bonds is 7. The van der Waals surface area contributed by atoms with E-state index in [0.29, 0.717) is 12.5 Å². The van der Waals surface area contributed by atoms with Crippen LogP contribution in [0, 0.1) is 5.92 Å². The summed E-state index contributed by atoms with van der Waals surface area (Å²) in [5.41, 5.74) is 1.08. The van der Waals surface area contributed by atoms with Crippen molar-refractivity contribution in [3.8, 4) is 0 Å². The fraction of sp³-hybridized carbons (Fsp3) is 0.714. The Bertz CT molecular complexity index is 366. The highest BCUT2D eigenvalue weighted by molar-refractivity contribution is 5.35. The van der Waals surface area contributed by atoms with Crippen molar-refractivity contribution in [3.63, 3.8) is 0 Å². The van der Waals surface area contributed by atoms with Gasteiger partial charge >= 0.3 is 0 Å². The Hall–Kier alpha value is -1.16. The molecule has 0 aliphatic rings. The molecular formula is C14H25N3O. The minimum absolute atomic E-state index is 0.0288. The number of anilines is 1. The lowest BCUT2D eigenvalue weighted by Gasteiger charge is -2.20. The lowest BCUT2D eigenvalue weighted by atomic mass is 10.1. The summed E-state index contributed by atoms with van der Waals surface area (Å²) < 4.78 is 5.77. The van der Waals surface area contributed by atoms with Crippen molar-refractivity contribution < 1.29 is 4.74 Å². The molecule has 0 bridgehead atoms. The second kappa shape index (κ2) is 7.31. The molecule has 1 atom stereocenters. The smallest absolute Gasteiger partial charge is 0.159 e. The van der Waals surface area contributed by atoms with Gasteiger partial charge in [0.1, 0.15) is 11.9 Å². The van der Waals surface area contributed by atoms with Crippen LogP contribution in [0.3, 0.4) is 0 Å². The number of aromatic nitrogens is 2. The Balaban J connectivity index is 3.07. The zero-order chi connectivity index (χ0) is 13.5. The first kappa shape index (κ1) is 14.9. The molecule has 0 saturated heterocycles. The van der Waals surface area contributed by atoms with Gasteiger partial charge in [0, 0.05) is 25.4 Å². The Morgan fingerprint density at radius 1 is 1.28 bits per heavy atom. The molecule has 1 rings (SSSR count). The van der Waals surface area contributed by atoms with Crippen LogP contribution in [0.15, 0.2) is 6.07 Å². The minimum Gasteiger partial charge on any atom is -0.373 e. The first-order valence-corrected chi connectivity index (χ1v) is 6.79. The maximum atomic E-state index is 5.77. The number of hydrogen-bond acceptors (Lipinski definition) is 4. The SMILES string of the molecule is CCCc1cc(NC)nc(C(OCC)C(C)C)n1. The second-order valence-electron chi connectivity index (χ2n) is 4.72. The lowest BCUT2D eigenvalue weighted by Crippen LogP contribution is -2.16. The molecule has 0 fully saturated rings. The van der Waals surface area contributed by atoms with E-state index in [4.69, 9.17) is 4.74 Å². The van der Waals surface area contributed by atoms with Crippen molar-refractivity contribution in [2.45, 2.75) is 46.6 Å². The summed E-state index contributed by atoms with van der Waals surface area (Å²) in [6.45, 7) is 9.11. The lowest BCUT2D eigenvalue weighted by molar-refractivity contribution is 0.0231. The van der Waals surface area contributed by atoms with Crippen molar-refractivity contribution >= 4 is 5.82 Å². The molecule has 1 aromatic rings. The normalized spacial score (nSPS) is 12.8. The number of ether oxygens (including phenoxy) is 1. The molecule has 1 unspecified atom stereocenters. The van der Waals surface area contributed by atoms with Gasteiger partial charge in [0.15, 0.2) is 5.82 Å². The molecule has 0 aromatic carbocycles. The highest BCUT2D eigenvalue weighted by Gasteiger charge is 2.20. The fourth-order valence-corrected chi connectivity index (χ4v) is 1.90. The van der Waals surface area contributed by atoms with Crippen LogP contribution in [0.25, 0.3) is 0 Å². The van der Waals surface area contributed by atoms with Crippen LogP contribution >= 0.6 is 0 Å². The van der Waals surface area contributed by atoms with E-state index in [9.17, 15) is 0 Å². The number of nitrogens with zero attached hydrogens (tertiary/aromatic N) is 2. The molecule has 0 amide bonds. The number of aryl methyl sites for hydroxylation is 1. The number of hydrogen-bond donors (Lipinski definition) is 1. The Morgan fingerprint density at radius 3 is 2.50 bits per heavy atom. The van der Waals surface area contributed by atoms with Gasteiger partial charge in [-0.15, -0.1) is 0 Å². The zero-order valence-corrected chi connectivity index (χ0v) is 12.2. The summed E-state index contributed by atoms with van der Waals surface area (Å²) in [6, 6.07) is 2.01. The highest BCUT2D eigenvalue weighted by Crippen LogP contribution is 2.24. The average molecular weight is 251 g/mol. The molecular weight excluding hydrogens is 226 g/mol. The van der Waals surface area contributed by atoms with E-state index in [-0.39, 0.29) is 6.10 Å². The standard InChI is InChI=1S/C14H25N3O/c1-6-8-11-9-12(15-5)17-14(16-11)13(10(3)4)18-7-2/h9-10,13H,6-8H2,1-5H3,(H,15,16,17). The van der Waals surface area contributed by atoms with E-state index in [1.54, 1.807) is 0 Å². The van der Waals surface area contributed by atoms with E-state index in [0.717, 1.165) is 30.2 Å². The molecule has 0 saturated carbocycles. The summed E-state index contributed by atoms with van der Waals surface area (Å²) in [7, 11) is 1.88. The highest BCUT2D eigenvalue weighted by atomic mass is 16.5. The molecule has 102 valence electrons. The van der Waals surface area contributed by atoms with Crippen molar-refractivity contribution in [2.75, 3.05) is 19.0 Å². The van der Waals surface area contributed by atoms with Crippen LogP contribution in [0.4, 0.5) is 5.82 Å². The van der Waals surface area contributed by atoms with E-state index in [2.05, 4.69) is 36.1 Å². The summed E-state index contributed by atoms with van der Waals surface area (Å²) in [4.78, 5) is 9.16. The van der Waals surface area contributed by atoms with Gasteiger partial charge < -0.3 is 10.1 Å². The molecule has 1 aromatic heterocycles. The molecule has 1 N–H and O–H groups in total. The maximum Gasteiger partial charge on any atom is 0.159 e. The molecule has 4 nitrogen and oxygen atoms in total. The molecule has 0 aliphatic heterocycles. The number of nitrogens with one attached hydrogen (secondary N) is 1. The predicted octanol–water partition coefficient (Wildman–Crippen LogP) is 3.20. The molecule has 4 heteroatoms. The third-order valence-corrected chi connectivity index (χ3v) is 2.76. The van der Waals surface area contributed by atoms with Gasteiger partial charge in [-0.05, 0) is 19.3 Å². The van der Waals surface area contributed by atoms with Crippen LogP contribution in [-0.2, 0) is 11.2 Å². The topological polar surface area (TPSA) is 47.0 Å². The van der Waals surface area contributed by atoms with Crippen LogP contribution in [0.1, 0.15) is 51.7 Å². The third kappa shape index (κ3) is 3.95. The first-order valence-electron chi connectivity index (χ1n) is 6.79. The van der Waals surface area contributed by atoms with E-state index >= 15 is 0 Å². The zero-order valence-electron chi connectivity index (χ0n) is 12.2. The Kier molecular flexibility index (Phi) is 6.05. The average Bonchev–Trinajstić information content (AvgIpc) is 2.35. The van der Waals surface area contributed by atoms with Gasteiger partial charge in [0.2, 0.25) is 0 Å². The van der Waals surface area contributed by atoms with Crippen LogP contribution in [-0.4, -0.2) is 23.6 Å². The van der Waals surface area contributed by atoms with E-state index in [1.807, 2.05) is 20.0 Å². The van der Waals surface area contributed by atoms with Crippen molar-refractivity contribution in [3.05, 3.63) is 17.6 Å². The molecule has 1 heterocycles. The van der Waals surface area contributed by atoms with E-state index in [1.165, 1.54) is 0 Å². The van der Waals surface area contributed by atoms with Gasteiger partial charge in [0.25, 0.3) is 0 Å². The first-order chi connectivity index (χ1) is 8.62. The van der Waals surface area contributed by atoms with Crippen LogP contribution in [0.5, 0.6) is 0 Å². The second-order valence-corrected chi connectivity index (χ2v) is 4.72. The Labute approximate surface area is 110 Å². The van der Waals surface area contributed by atoms with Gasteiger partial charge in [0.05, 0.1) is 0 Å². The van der Waals surface area contributed by atoms with Gasteiger partial charge in [-0.25, -0.2) is 9.97 Å². The maximum absolute atomic E-state index is 5.77. The molecule has 0 aliphatic carbocycles. The quantitative estimate of drug-likeness (QED) is 0.808. The monoisotopic (exact) mass is 251 g/mol. The molecule has 0 spiro atoms. The summed E-state index contributed by atoms with van der Waals surface area (Å²) >= 11 is 0. The van der Waals surface area contributed by atoms with Gasteiger partial charge in [-0.3, -0.25) is 0 Å². The third-order valence-electron chi connectivity index (χ3n) is 2.76. The molecule has 18 heavy (non-hydrogen) atoms. The Morgan fingerprint density at radius 2 is 2.00 bits per heavy atom.